The lowest BCUT2D eigenvalue weighted by atomic mass is 9.90. The summed E-state index contributed by atoms with van der Waals surface area (Å²) >= 11 is 0. The fraction of sp³-hybridized carbons (Fsp3) is 0.529. The fourth-order valence-corrected chi connectivity index (χ4v) is 4.07. The molecule has 2 rings (SSSR count). The summed E-state index contributed by atoms with van der Waals surface area (Å²) < 4.78 is 31.5. The molecule has 1 aromatic rings. The zero-order valence-electron chi connectivity index (χ0n) is 14.9. The molecular formula is C17H24N2O6S. The van der Waals surface area contributed by atoms with E-state index in [9.17, 15) is 23.1 Å². The molecule has 1 saturated carbocycles. The number of methoxy groups -OCH3 is 1. The van der Waals surface area contributed by atoms with Crippen LogP contribution < -0.4 is 14.8 Å². The van der Waals surface area contributed by atoms with Gasteiger partial charge in [-0.1, -0.05) is 25.7 Å². The van der Waals surface area contributed by atoms with Crippen LogP contribution in [0.4, 0.5) is 0 Å². The largest absolute Gasteiger partial charge is 0.495 e. The maximum Gasteiger partial charge on any atom is 0.329 e. The number of rotatable bonds is 6. The van der Waals surface area contributed by atoms with Gasteiger partial charge in [0.1, 0.15) is 16.2 Å². The molecule has 26 heavy (non-hydrogen) atoms. The van der Waals surface area contributed by atoms with Gasteiger partial charge in [-0.3, -0.25) is 4.79 Å². The lowest BCUT2D eigenvalue weighted by Crippen LogP contribution is -2.54. The van der Waals surface area contributed by atoms with Gasteiger partial charge in [0, 0.05) is 5.56 Å². The number of hydrogen-bond donors (Lipinski definition) is 3. The molecule has 0 unspecified atom stereocenters. The summed E-state index contributed by atoms with van der Waals surface area (Å²) in [6.45, 7) is 0. The number of carbonyl (C=O) groups is 2. The summed E-state index contributed by atoms with van der Waals surface area (Å²) in [5, 5.41) is 12.3. The van der Waals surface area contributed by atoms with Crippen molar-refractivity contribution in [1.29, 1.82) is 0 Å². The van der Waals surface area contributed by atoms with Crippen LogP contribution in [0.5, 0.6) is 5.75 Å². The van der Waals surface area contributed by atoms with E-state index >= 15 is 0 Å². The Kier molecular flexibility index (Phi) is 6.25. The van der Waals surface area contributed by atoms with E-state index in [4.69, 9.17) is 4.74 Å². The van der Waals surface area contributed by atoms with E-state index in [1.54, 1.807) is 0 Å². The number of benzene rings is 1. The highest BCUT2D eigenvalue weighted by atomic mass is 32.2. The molecule has 1 aromatic carbocycles. The van der Waals surface area contributed by atoms with Crippen molar-refractivity contribution >= 4 is 21.9 Å². The molecule has 144 valence electrons. The van der Waals surface area contributed by atoms with Crippen LogP contribution in [0.1, 0.15) is 48.9 Å². The Hall–Kier alpha value is -2.13. The Morgan fingerprint density at radius 1 is 1.15 bits per heavy atom. The summed E-state index contributed by atoms with van der Waals surface area (Å²) in [5.41, 5.74) is -1.26. The first-order chi connectivity index (χ1) is 12.3. The first-order valence-electron chi connectivity index (χ1n) is 8.43. The Labute approximate surface area is 153 Å². The van der Waals surface area contributed by atoms with Crippen LogP contribution in [-0.4, -0.2) is 45.1 Å². The van der Waals surface area contributed by atoms with E-state index in [0.29, 0.717) is 25.7 Å². The van der Waals surface area contributed by atoms with Gasteiger partial charge in [-0.2, -0.15) is 0 Å². The topological polar surface area (TPSA) is 122 Å². The molecule has 0 radical (unpaired) electrons. The third kappa shape index (κ3) is 4.16. The third-order valence-electron chi connectivity index (χ3n) is 4.70. The second-order valence-electron chi connectivity index (χ2n) is 6.33. The van der Waals surface area contributed by atoms with E-state index in [2.05, 4.69) is 10.0 Å². The van der Waals surface area contributed by atoms with Gasteiger partial charge in [-0.15, -0.1) is 0 Å². The average molecular weight is 384 g/mol. The number of carboxylic acid groups (broad SMARTS) is 1. The molecule has 1 aliphatic carbocycles. The van der Waals surface area contributed by atoms with Gasteiger partial charge in [-0.05, 0) is 38.1 Å². The SMILES string of the molecule is CNS(=O)(=O)c1cc(C(=O)NC2(C(=O)O)CCCCCC2)ccc1OC. The van der Waals surface area contributed by atoms with Gasteiger partial charge < -0.3 is 15.2 Å². The quantitative estimate of drug-likeness (QED) is 0.639. The van der Waals surface area contributed by atoms with Crippen molar-refractivity contribution in [2.24, 2.45) is 0 Å². The Bertz CT molecular complexity index is 782. The van der Waals surface area contributed by atoms with E-state index in [-0.39, 0.29) is 16.2 Å². The predicted octanol–water partition coefficient (Wildman–Crippen LogP) is 1.51. The minimum absolute atomic E-state index is 0.0597. The summed E-state index contributed by atoms with van der Waals surface area (Å²) in [4.78, 5) is 24.3. The highest BCUT2D eigenvalue weighted by molar-refractivity contribution is 7.89. The van der Waals surface area contributed by atoms with E-state index in [1.807, 2.05) is 0 Å². The Balaban J connectivity index is 2.37. The van der Waals surface area contributed by atoms with E-state index in [0.717, 1.165) is 12.8 Å². The highest BCUT2D eigenvalue weighted by Crippen LogP contribution is 2.29. The number of aliphatic carboxylic acids is 1. The van der Waals surface area contributed by atoms with Crippen molar-refractivity contribution in [3.8, 4) is 5.75 Å². The summed E-state index contributed by atoms with van der Waals surface area (Å²) in [6, 6.07) is 3.97. The molecule has 0 atom stereocenters. The molecule has 0 heterocycles. The molecule has 0 aliphatic heterocycles. The summed E-state index contributed by atoms with van der Waals surface area (Å²) in [6.07, 6.45) is 4.00. The standard InChI is InChI=1S/C17H24N2O6S/c1-18-26(23,24)14-11-12(7-8-13(14)25-2)15(20)19-17(16(21)22)9-5-3-4-6-10-17/h7-8,11,18H,3-6,9-10H2,1-2H3,(H,19,20)(H,21,22). The van der Waals surface area contributed by atoms with Gasteiger partial charge >= 0.3 is 5.97 Å². The van der Waals surface area contributed by atoms with Gasteiger partial charge in [0.05, 0.1) is 7.11 Å². The van der Waals surface area contributed by atoms with Crippen molar-refractivity contribution in [2.45, 2.75) is 49.0 Å². The van der Waals surface area contributed by atoms with Crippen LogP contribution in [0.3, 0.4) is 0 Å². The van der Waals surface area contributed by atoms with Gasteiger partial charge in [0.25, 0.3) is 5.91 Å². The lowest BCUT2D eigenvalue weighted by molar-refractivity contribution is -0.145. The number of carbonyl (C=O) groups excluding carboxylic acids is 1. The van der Waals surface area contributed by atoms with Crippen LogP contribution in [-0.2, 0) is 14.8 Å². The Morgan fingerprint density at radius 3 is 2.27 bits per heavy atom. The highest BCUT2D eigenvalue weighted by Gasteiger charge is 2.40. The molecule has 1 aliphatic rings. The fourth-order valence-electron chi connectivity index (χ4n) is 3.15. The van der Waals surface area contributed by atoms with Gasteiger partial charge in [-0.25, -0.2) is 17.9 Å². The van der Waals surface area contributed by atoms with Crippen molar-refractivity contribution in [3.05, 3.63) is 23.8 Å². The summed E-state index contributed by atoms with van der Waals surface area (Å²) in [7, 11) is -1.25. The molecule has 8 nitrogen and oxygen atoms in total. The second-order valence-corrected chi connectivity index (χ2v) is 8.18. The number of carboxylic acids is 1. The second kappa shape index (κ2) is 8.05. The smallest absolute Gasteiger partial charge is 0.329 e. The van der Waals surface area contributed by atoms with Crippen LogP contribution in [0.15, 0.2) is 23.1 Å². The number of sulfonamides is 1. The van der Waals surface area contributed by atoms with Gasteiger partial charge in [0.2, 0.25) is 10.0 Å². The van der Waals surface area contributed by atoms with Gasteiger partial charge in [0.15, 0.2) is 0 Å². The third-order valence-corrected chi connectivity index (χ3v) is 6.14. The molecule has 0 aromatic heterocycles. The van der Waals surface area contributed by atoms with Crippen LogP contribution in [0.25, 0.3) is 0 Å². The average Bonchev–Trinajstić information content (AvgIpc) is 2.87. The molecular weight excluding hydrogens is 360 g/mol. The number of hydrogen-bond acceptors (Lipinski definition) is 5. The number of amides is 1. The van der Waals surface area contributed by atoms with Crippen molar-refractivity contribution in [2.75, 3.05) is 14.2 Å². The number of nitrogens with one attached hydrogen (secondary N) is 2. The molecule has 3 N–H and O–H groups in total. The summed E-state index contributed by atoms with van der Waals surface area (Å²) in [5.74, 6) is -1.59. The molecule has 9 heteroatoms. The number of ether oxygens (including phenoxy) is 1. The predicted molar refractivity (Wildman–Crippen MR) is 94.8 cm³/mol. The first kappa shape index (κ1) is 20.2. The van der Waals surface area contributed by atoms with Crippen molar-refractivity contribution < 1.29 is 27.9 Å². The van der Waals surface area contributed by atoms with Crippen LogP contribution >= 0.6 is 0 Å². The van der Waals surface area contributed by atoms with E-state index < -0.39 is 27.4 Å². The zero-order chi connectivity index (χ0) is 19.4. The minimum Gasteiger partial charge on any atom is -0.495 e. The normalized spacial score (nSPS) is 17.2. The monoisotopic (exact) mass is 384 g/mol. The lowest BCUT2D eigenvalue weighted by Gasteiger charge is -2.29. The molecule has 0 spiro atoms. The maximum atomic E-state index is 12.7. The minimum atomic E-state index is -3.84. The Morgan fingerprint density at radius 2 is 1.77 bits per heavy atom. The van der Waals surface area contributed by atoms with Crippen molar-refractivity contribution in [1.82, 2.24) is 10.0 Å². The first-order valence-corrected chi connectivity index (χ1v) is 9.91. The molecule has 1 amide bonds. The zero-order valence-corrected chi connectivity index (χ0v) is 15.7. The molecule has 0 saturated heterocycles. The molecule has 1 fully saturated rings. The maximum absolute atomic E-state index is 12.7. The molecule has 0 bridgehead atoms. The van der Waals surface area contributed by atoms with Crippen LogP contribution in [0, 0.1) is 0 Å². The van der Waals surface area contributed by atoms with Crippen LogP contribution in [0.2, 0.25) is 0 Å². The van der Waals surface area contributed by atoms with E-state index in [1.165, 1.54) is 32.4 Å². The van der Waals surface area contributed by atoms with Crippen molar-refractivity contribution in [3.63, 3.8) is 0 Å².